The smallest absolute Gasteiger partial charge is 0.130 e. The summed E-state index contributed by atoms with van der Waals surface area (Å²) in [6.07, 6.45) is 0.0260. The molecule has 17 heavy (non-hydrogen) atoms. The van der Waals surface area contributed by atoms with Crippen LogP contribution in [0.2, 0.25) is 0 Å². The molecule has 1 aliphatic rings. The van der Waals surface area contributed by atoms with Crippen molar-refractivity contribution in [3.05, 3.63) is 29.8 Å². The molecule has 1 aromatic carbocycles. The van der Waals surface area contributed by atoms with E-state index < -0.39 is 6.10 Å². The largest absolute Gasteiger partial charge is 0.488 e. The molecule has 3 nitrogen and oxygen atoms in total. The summed E-state index contributed by atoms with van der Waals surface area (Å²) in [6, 6.07) is 8.11. The quantitative estimate of drug-likeness (QED) is 0.872. The summed E-state index contributed by atoms with van der Waals surface area (Å²) in [7, 11) is 1.61. The van der Waals surface area contributed by atoms with Gasteiger partial charge in [0.2, 0.25) is 0 Å². The van der Waals surface area contributed by atoms with Gasteiger partial charge in [-0.25, -0.2) is 0 Å². The normalized spacial score (nSPS) is 27.9. The van der Waals surface area contributed by atoms with E-state index in [-0.39, 0.29) is 12.2 Å². The molecular formula is C14H20O3. The van der Waals surface area contributed by atoms with Gasteiger partial charge in [-0.1, -0.05) is 26.0 Å². The second-order valence-corrected chi connectivity index (χ2v) is 4.89. The van der Waals surface area contributed by atoms with Crippen LogP contribution in [0, 0.1) is 0 Å². The molecule has 1 aromatic rings. The van der Waals surface area contributed by atoms with Crippen LogP contribution in [0.1, 0.15) is 31.7 Å². The molecule has 0 amide bonds. The SMILES string of the molecule is COC1C(O)CC1Oc1cccc(C(C)C)c1. The van der Waals surface area contributed by atoms with E-state index in [4.69, 9.17) is 9.47 Å². The molecule has 2 rings (SSSR count). The van der Waals surface area contributed by atoms with Crippen molar-refractivity contribution in [3.63, 3.8) is 0 Å². The van der Waals surface area contributed by atoms with Gasteiger partial charge in [-0.2, -0.15) is 0 Å². The van der Waals surface area contributed by atoms with Gasteiger partial charge in [-0.15, -0.1) is 0 Å². The molecule has 0 bridgehead atoms. The number of rotatable bonds is 4. The predicted octanol–water partition coefficient (Wildman–Crippen LogP) is 2.34. The van der Waals surface area contributed by atoms with Crippen LogP contribution in [0.25, 0.3) is 0 Å². The van der Waals surface area contributed by atoms with Crippen molar-refractivity contribution in [2.45, 2.75) is 44.5 Å². The Morgan fingerprint density at radius 2 is 2.12 bits per heavy atom. The predicted molar refractivity (Wildman–Crippen MR) is 66.4 cm³/mol. The van der Waals surface area contributed by atoms with Crippen molar-refractivity contribution in [2.75, 3.05) is 7.11 Å². The van der Waals surface area contributed by atoms with Gasteiger partial charge in [0.1, 0.15) is 18.0 Å². The average Bonchev–Trinajstić information content (AvgIpc) is 2.29. The number of aliphatic hydroxyl groups is 1. The molecule has 0 heterocycles. The fourth-order valence-corrected chi connectivity index (χ4v) is 2.10. The maximum Gasteiger partial charge on any atom is 0.130 e. The monoisotopic (exact) mass is 236 g/mol. The summed E-state index contributed by atoms with van der Waals surface area (Å²) in [4.78, 5) is 0. The molecule has 3 atom stereocenters. The Morgan fingerprint density at radius 1 is 1.35 bits per heavy atom. The minimum absolute atomic E-state index is 0.0302. The first-order valence-electron chi connectivity index (χ1n) is 6.09. The van der Waals surface area contributed by atoms with Crippen LogP contribution >= 0.6 is 0 Å². The number of ether oxygens (including phenoxy) is 2. The Morgan fingerprint density at radius 3 is 2.71 bits per heavy atom. The number of hydrogen-bond donors (Lipinski definition) is 1. The van der Waals surface area contributed by atoms with Gasteiger partial charge in [0.25, 0.3) is 0 Å². The summed E-state index contributed by atoms with van der Waals surface area (Å²) < 4.78 is 11.0. The lowest BCUT2D eigenvalue weighted by Gasteiger charge is -2.40. The van der Waals surface area contributed by atoms with Gasteiger partial charge >= 0.3 is 0 Å². The molecule has 1 N–H and O–H groups in total. The van der Waals surface area contributed by atoms with Crippen LogP contribution in [-0.4, -0.2) is 30.5 Å². The van der Waals surface area contributed by atoms with E-state index in [1.54, 1.807) is 7.11 Å². The summed E-state index contributed by atoms with van der Waals surface area (Å²) in [5, 5.41) is 9.49. The zero-order valence-corrected chi connectivity index (χ0v) is 10.6. The second-order valence-electron chi connectivity index (χ2n) is 4.89. The van der Waals surface area contributed by atoms with Crippen LogP contribution < -0.4 is 4.74 Å². The minimum atomic E-state index is -0.390. The zero-order chi connectivity index (χ0) is 12.4. The number of aliphatic hydroxyl groups excluding tert-OH is 1. The van der Waals surface area contributed by atoms with Crippen LogP contribution in [0.5, 0.6) is 5.75 Å². The second kappa shape index (κ2) is 5.07. The molecule has 94 valence electrons. The molecule has 1 saturated carbocycles. The third-order valence-electron chi connectivity index (χ3n) is 3.30. The molecule has 3 unspecified atom stereocenters. The van der Waals surface area contributed by atoms with Crippen molar-refractivity contribution < 1.29 is 14.6 Å². The fourth-order valence-electron chi connectivity index (χ4n) is 2.10. The van der Waals surface area contributed by atoms with Crippen molar-refractivity contribution in [1.29, 1.82) is 0 Å². The average molecular weight is 236 g/mol. The Kier molecular flexibility index (Phi) is 3.69. The molecule has 1 fully saturated rings. The van der Waals surface area contributed by atoms with Crippen LogP contribution in [0.3, 0.4) is 0 Å². The van der Waals surface area contributed by atoms with Gasteiger partial charge in [0.15, 0.2) is 0 Å². The van der Waals surface area contributed by atoms with Crippen molar-refractivity contribution >= 4 is 0 Å². The number of methoxy groups -OCH3 is 1. The van der Waals surface area contributed by atoms with E-state index in [0.717, 1.165) is 5.75 Å². The van der Waals surface area contributed by atoms with Crippen LogP contribution in [0.4, 0.5) is 0 Å². The molecule has 0 spiro atoms. The molecule has 0 aliphatic heterocycles. The first kappa shape index (κ1) is 12.4. The Balaban J connectivity index is 2.02. The van der Waals surface area contributed by atoms with Gasteiger partial charge in [-0.3, -0.25) is 0 Å². The first-order chi connectivity index (χ1) is 8.11. The summed E-state index contributed by atoms with van der Waals surface area (Å²) in [6.45, 7) is 4.31. The standard InChI is InChI=1S/C14H20O3/c1-9(2)10-5-4-6-11(7-10)17-13-8-12(15)14(13)16-3/h4-7,9,12-15H,8H2,1-3H3. The summed E-state index contributed by atoms with van der Waals surface area (Å²) in [5.41, 5.74) is 1.26. The highest BCUT2D eigenvalue weighted by molar-refractivity contribution is 5.30. The highest BCUT2D eigenvalue weighted by Gasteiger charge is 2.42. The van der Waals surface area contributed by atoms with Gasteiger partial charge < -0.3 is 14.6 Å². The Bertz CT molecular complexity index is 375. The van der Waals surface area contributed by atoms with Gasteiger partial charge in [0.05, 0.1) is 6.10 Å². The lowest BCUT2D eigenvalue weighted by molar-refractivity contribution is -0.149. The third-order valence-corrected chi connectivity index (χ3v) is 3.30. The van der Waals surface area contributed by atoms with Crippen molar-refractivity contribution in [1.82, 2.24) is 0 Å². The molecule has 0 saturated heterocycles. The van der Waals surface area contributed by atoms with Crippen molar-refractivity contribution in [2.24, 2.45) is 0 Å². The number of hydrogen-bond acceptors (Lipinski definition) is 3. The zero-order valence-electron chi connectivity index (χ0n) is 10.6. The topological polar surface area (TPSA) is 38.7 Å². The summed E-state index contributed by atoms with van der Waals surface area (Å²) >= 11 is 0. The van der Waals surface area contributed by atoms with E-state index in [0.29, 0.717) is 12.3 Å². The third kappa shape index (κ3) is 2.61. The highest BCUT2D eigenvalue weighted by atomic mass is 16.6. The lowest BCUT2D eigenvalue weighted by Crippen LogP contribution is -2.54. The fraction of sp³-hybridized carbons (Fsp3) is 0.571. The molecule has 1 aliphatic carbocycles. The molecule has 0 radical (unpaired) electrons. The Hall–Kier alpha value is -1.06. The van der Waals surface area contributed by atoms with Crippen molar-refractivity contribution in [3.8, 4) is 5.75 Å². The molecule has 0 aromatic heterocycles. The van der Waals surface area contributed by atoms with E-state index in [2.05, 4.69) is 26.0 Å². The Labute approximate surface area is 102 Å². The molecule has 3 heteroatoms. The van der Waals surface area contributed by atoms with E-state index in [1.165, 1.54) is 5.56 Å². The van der Waals surface area contributed by atoms with E-state index in [9.17, 15) is 5.11 Å². The minimum Gasteiger partial charge on any atom is -0.488 e. The maximum atomic E-state index is 9.49. The molecular weight excluding hydrogens is 216 g/mol. The maximum absolute atomic E-state index is 9.49. The lowest BCUT2D eigenvalue weighted by atomic mass is 9.88. The van der Waals surface area contributed by atoms with Crippen LogP contribution in [0.15, 0.2) is 24.3 Å². The van der Waals surface area contributed by atoms with Crippen LogP contribution in [-0.2, 0) is 4.74 Å². The highest BCUT2D eigenvalue weighted by Crippen LogP contribution is 2.29. The van der Waals surface area contributed by atoms with Gasteiger partial charge in [-0.05, 0) is 23.6 Å². The number of benzene rings is 1. The first-order valence-corrected chi connectivity index (χ1v) is 6.09. The summed E-state index contributed by atoms with van der Waals surface area (Å²) in [5.74, 6) is 1.35. The van der Waals surface area contributed by atoms with E-state index in [1.807, 2.05) is 12.1 Å². The van der Waals surface area contributed by atoms with E-state index >= 15 is 0 Å². The van der Waals surface area contributed by atoms with Gasteiger partial charge in [0, 0.05) is 13.5 Å².